The van der Waals surface area contributed by atoms with Crippen molar-refractivity contribution in [2.45, 2.75) is 44.3 Å². The van der Waals surface area contributed by atoms with Crippen LogP contribution in [-0.2, 0) is 4.79 Å². The second kappa shape index (κ2) is 7.05. The third kappa shape index (κ3) is 3.34. The van der Waals surface area contributed by atoms with Crippen molar-refractivity contribution in [1.82, 2.24) is 0 Å². The van der Waals surface area contributed by atoms with Crippen LogP contribution < -0.4 is 9.64 Å². The first-order valence-corrected chi connectivity index (χ1v) is 9.02. The molecule has 0 aromatic heterocycles. The van der Waals surface area contributed by atoms with E-state index in [4.69, 9.17) is 11.4 Å². The van der Waals surface area contributed by atoms with Gasteiger partial charge in [-0.15, -0.1) is 6.58 Å². The lowest BCUT2D eigenvalue weighted by atomic mass is 9.95. The maximum absolute atomic E-state index is 12.5. The highest BCUT2D eigenvalue weighted by molar-refractivity contribution is 5.94. The van der Waals surface area contributed by atoms with Crippen molar-refractivity contribution in [3.63, 3.8) is 0 Å². The molecule has 0 radical (unpaired) electrons. The van der Waals surface area contributed by atoms with Crippen molar-refractivity contribution in [3.8, 4) is 11.8 Å². The highest BCUT2D eigenvalue weighted by atomic mass is 16.5. The number of hydrogen-bond donors (Lipinski definition) is 1. The second-order valence-corrected chi connectivity index (χ2v) is 7.72. The zero-order valence-corrected chi connectivity index (χ0v) is 16.2. The lowest BCUT2D eigenvalue weighted by molar-refractivity contribution is -0.139. The van der Waals surface area contributed by atoms with E-state index < -0.39 is 29.5 Å². The van der Waals surface area contributed by atoms with Crippen LogP contribution in [0.4, 0.5) is 5.69 Å². The molecule has 1 fully saturated rings. The molecule has 3 rings (SSSR count). The third-order valence-corrected chi connectivity index (χ3v) is 4.62. The maximum Gasteiger partial charge on any atom is 0.332 e. The predicted octanol–water partition coefficient (Wildman–Crippen LogP) is 4.70. The zero-order valence-electron chi connectivity index (χ0n) is 17.2. The van der Waals surface area contributed by atoms with Crippen LogP contribution in [0.25, 0.3) is 0 Å². The van der Waals surface area contributed by atoms with Crippen molar-refractivity contribution in [2.24, 2.45) is 0 Å². The Bertz CT molecular complexity index is 975. The molecule has 0 spiro atoms. The van der Waals surface area contributed by atoms with Crippen LogP contribution in [0.3, 0.4) is 0 Å². The molecule has 0 aliphatic carbocycles. The molecule has 2 aromatic carbocycles. The molecule has 144 valence electrons. The number of anilines is 1. The molecule has 3 atom stereocenters. The fourth-order valence-corrected chi connectivity index (χ4v) is 3.50. The van der Waals surface area contributed by atoms with Crippen molar-refractivity contribution in [2.75, 3.05) is 4.90 Å². The van der Waals surface area contributed by atoms with Crippen LogP contribution in [0.5, 0.6) is 5.75 Å². The Morgan fingerprint density at radius 2 is 2.00 bits per heavy atom. The first-order valence-electron chi connectivity index (χ1n) is 9.60. The van der Waals surface area contributed by atoms with E-state index in [1.54, 1.807) is 41.3 Å². The average Bonchev–Trinajstić information content (AvgIpc) is 3.38. The summed E-state index contributed by atoms with van der Waals surface area (Å²) in [5.41, 5.74) is -0.160. The smallest absolute Gasteiger partial charge is 0.332 e. The summed E-state index contributed by atoms with van der Waals surface area (Å²) in [4.78, 5) is 14.2. The van der Waals surface area contributed by atoms with Crippen LogP contribution >= 0.6 is 0 Å². The van der Waals surface area contributed by atoms with E-state index in [2.05, 4.69) is 12.6 Å². The van der Waals surface area contributed by atoms with Crippen molar-refractivity contribution in [3.05, 3.63) is 72.3 Å². The van der Waals surface area contributed by atoms with Crippen LogP contribution in [0.1, 0.15) is 45.7 Å². The average molecular weight is 377 g/mol. The molecule has 2 aromatic rings. The Hall–Kier alpha value is -3.26. The first-order chi connectivity index (χ1) is 13.7. The number of aliphatic carboxylic acids is 1. The molecule has 1 saturated heterocycles. The van der Waals surface area contributed by atoms with Crippen molar-refractivity contribution >= 4 is 11.7 Å². The normalized spacial score (nSPS) is 22.6. The van der Waals surface area contributed by atoms with Gasteiger partial charge in [0.25, 0.3) is 0 Å². The minimum Gasteiger partial charge on any atom is -0.486 e. The number of carboxylic acid groups (broad SMARTS) is 1. The summed E-state index contributed by atoms with van der Waals surface area (Å²) in [6.07, 6.45) is 0.279. The predicted molar refractivity (Wildman–Crippen MR) is 108 cm³/mol. The second-order valence-electron chi connectivity index (χ2n) is 7.72. The summed E-state index contributed by atoms with van der Waals surface area (Å²) in [5.74, 6) is -0.546. The maximum atomic E-state index is 12.5. The molecule has 0 amide bonds. The van der Waals surface area contributed by atoms with Gasteiger partial charge in [0.05, 0.1) is 23.4 Å². The van der Waals surface area contributed by atoms with E-state index in [1.165, 1.54) is 6.08 Å². The molecule has 1 aliphatic rings. The van der Waals surface area contributed by atoms with Gasteiger partial charge in [-0.25, -0.2) is 4.79 Å². The van der Waals surface area contributed by atoms with E-state index in [0.29, 0.717) is 17.0 Å². The molecule has 0 saturated carbocycles. The van der Waals surface area contributed by atoms with Crippen molar-refractivity contribution in [1.29, 1.82) is 5.26 Å². The van der Waals surface area contributed by atoms with Gasteiger partial charge in [-0.1, -0.05) is 30.3 Å². The number of carboxylic acids is 1. The molecular formula is C23H24N2O3. The van der Waals surface area contributed by atoms with Gasteiger partial charge in [0, 0.05) is 7.77 Å². The quantitative estimate of drug-likeness (QED) is 0.584. The topological polar surface area (TPSA) is 73.3 Å². The monoisotopic (exact) mass is 377 g/mol. The highest BCUT2D eigenvalue weighted by Crippen LogP contribution is 2.60. The summed E-state index contributed by atoms with van der Waals surface area (Å²) >= 11 is 0. The summed E-state index contributed by atoms with van der Waals surface area (Å²) in [7, 11) is 0. The molecule has 0 bridgehead atoms. The first kappa shape index (κ1) is 18.1. The van der Waals surface area contributed by atoms with Gasteiger partial charge in [0.15, 0.2) is 5.54 Å². The molecule has 5 heteroatoms. The fraction of sp³-hybridized carbons (Fsp3) is 0.304. The summed E-state index contributed by atoms with van der Waals surface area (Å²) in [6, 6.07) is 15.5. The highest BCUT2D eigenvalue weighted by Gasteiger charge is 2.68. The number of hydrogen-bond acceptors (Lipinski definition) is 4. The number of benzene rings is 2. The van der Waals surface area contributed by atoms with Gasteiger partial charge in [0.2, 0.25) is 0 Å². The fourth-order valence-electron chi connectivity index (χ4n) is 3.50. The number of rotatable bonds is 6. The molecular weight excluding hydrogens is 352 g/mol. The van der Waals surface area contributed by atoms with E-state index in [-0.39, 0.29) is 0 Å². The number of para-hydroxylation sites is 2. The molecule has 0 unspecified atom stereocenters. The standard InChI is InChI=1S/C23H24N2O3/c1-5-14-23(21(26)27)20(17-12-10-16(15-24)11-13-17)25(23)18-8-6-7-9-19(18)28-22(2,3)4/h5-13,20H,1,14H2,2-4H3,(H,26,27)/t20-,23-,25?/m0/s1/i14D/t14-,20-,23-,25?. The van der Waals surface area contributed by atoms with Gasteiger partial charge in [-0.3, -0.25) is 0 Å². The minimum atomic E-state index is -1.51. The van der Waals surface area contributed by atoms with Crippen molar-refractivity contribution < 1.29 is 16.0 Å². The van der Waals surface area contributed by atoms with Gasteiger partial charge >= 0.3 is 5.97 Å². The van der Waals surface area contributed by atoms with Gasteiger partial charge in [-0.05, 0) is 50.6 Å². The molecule has 1 N–H and O–H groups in total. The SMILES string of the molecule is [2H][C@@H](C=C)[C@@]1(C(=O)O)[C@H](c2ccc(C#N)cc2)N1c1ccccc1OC(C)(C)C. The Kier molecular flexibility index (Phi) is 4.56. The summed E-state index contributed by atoms with van der Waals surface area (Å²) in [6.45, 7) is 9.43. The molecule has 1 aliphatic heterocycles. The van der Waals surface area contributed by atoms with E-state index >= 15 is 0 Å². The number of ether oxygens (including phenoxy) is 1. The van der Waals surface area contributed by atoms with Crippen LogP contribution in [0.2, 0.25) is 0 Å². The third-order valence-electron chi connectivity index (χ3n) is 4.62. The van der Waals surface area contributed by atoms with Gasteiger partial charge in [0.1, 0.15) is 11.4 Å². The number of nitrogens with zero attached hydrogens (tertiary/aromatic N) is 2. The molecule has 28 heavy (non-hydrogen) atoms. The number of nitriles is 1. The summed E-state index contributed by atoms with van der Waals surface area (Å²) < 4.78 is 14.5. The summed E-state index contributed by atoms with van der Waals surface area (Å²) in [5, 5.41) is 19.3. The van der Waals surface area contributed by atoms with E-state index in [9.17, 15) is 9.90 Å². The van der Waals surface area contributed by atoms with Gasteiger partial charge < -0.3 is 14.7 Å². The molecule has 1 heterocycles. The molecule has 5 nitrogen and oxygen atoms in total. The van der Waals surface area contributed by atoms with Crippen LogP contribution in [0, 0.1) is 11.3 Å². The lowest BCUT2D eigenvalue weighted by Crippen LogP contribution is -2.30. The Morgan fingerprint density at radius 1 is 1.36 bits per heavy atom. The van der Waals surface area contributed by atoms with Crippen LogP contribution in [0.15, 0.2) is 61.2 Å². The zero-order chi connectivity index (χ0) is 21.4. The van der Waals surface area contributed by atoms with E-state index in [0.717, 1.165) is 5.56 Å². The Morgan fingerprint density at radius 3 is 2.54 bits per heavy atom. The Labute approximate surface area is 166 Å². The lowest BCUT2D eigenvalue weighted by Gasteiger charge is -2.24. The van der Waals surface area contributed by atoms with Gasteiger partial charge in [-0.2, -0.15) is 5.26 Å². The minimum absolute atomic E-state index is 0.471. The largest absolute Gasteiger partial charge is 0.486 e. The van der Waals surface area contributed by atoms with E-state index in [1.807, 2.05) is 32.9 Å². The Balaban J connectivity index is 2.16. The number of carbonyl (C=O) groups is 1. The van der Waals surface area contributed by atoms with Crippen LogP contribution in [-0.4, -0.2) is 22.2 Å².